The van der Waals surface area contributed by atoms with E-state index >= 15 is 0 Å². The van der Waals surface area contributed by atoms with Crippen LogP contribution >= 0.6 is 12.2 Å². The van der Waals surface area contributed by atoms with Crippen LogP contribution in [0.5, 0.6) is 5.75 Å². The number of amides is 1. The highest BCUT2D eigenvalue weighted by molar-refractivity contribution is 7.80. The summed E-state index contributed by atoms with van der Waals surface area (Å²) in [5.41, 5.74) is 1.72. The van der Waals surface area contributed by atoms with E-state index in [1.54, 1.807) is 7.11 Å². The lowest BCUT2D eigenvalue weighted by molar-refractivity contribution is -0.119. The van der Waals surface area contributed by atoms with E-state index in [2.05, 4.69) is 10.6 Å². The molecule has 5 nitrogen and oxygen atoms in total. The molecular formula is C18H20N2O3S. The fourth-order valence-electron chi connectivity index (χ4n) is 1.99. The van der Waals surface area contributed by atoms with E-state index in [1.165, 1.54) is 0 Å². The molecule has 2 rings (SSSR count). The minimum atomic E-state index is -0.154. The van der Waals surface area contributed by atoms with Gasteiger partial charge < -0.3 is 20.1 Å². The van der Waals surface area contributed by atoms with Crippen LogP contribution in [0.4, 0.5) is 5.69 Å². The summed E-state index contributed by atoms with van der Waals surface area (Å²) in [6.45, 7) is 1.04. The van der Waals surface area contributed by atoms with Crippen molar-refractivity contribution in [3.05, 3.63) is 60.2 Å². The second-order valence-electron chi connectivity index (χ2n) is 5.03. The van der Waals surface area contributed by atoms with Crippen LogP contribution in [0.15, 0.2) is 54.6 Å². The minimum absolute atomic E-state index is 0.154. The van der Waals surface area contributed by atoms with Gasteiger partial charge in [0.25, 0.3) is 0 Å². The molecule has 0 radical (unpaired) electrons. The highest BCUT2D eigenvalue weighted by Gasteiger charge is 2.06. The first-order valence-electron chi connectivity index (χ1n) is 7.54. The van der Waals surface area contributed by atoms with E-state index in [1.807, 2.05) is 54.6 Å². The Hall–Kier alpha value is -2.44. The molecule has 0 aliphatic carbocycles. The lowest BCUT2D eigenvalue weighted by Crippen LogP contribution is -2.35. The van der Waals surface area contributed by atoms with Crippen LogP contribution in [-0.2, 0) is 16.0 Å². The smallest absolute Gasteiger partial charge is 0.230 e. The maximum absolute atomic E-state index is 11.9. The Labute approximate surface area is 147 Å². The number of rotatable bonds is 7. The summed E-state index contributed by atoms with van der Waals surface area (Å²) in [7, 11) is 1.63. The van der Waals surface area contributed by atoms with Gasteiger partial charge in [0.05, 0.1) is 13.0 Å². The van der Waals surface area contributed by atoms with E-state index in [0.29, 0.717) is 13.2 Å². The molecule has 2 aromatic rings. The first-order valence-corrected chi connectivity index (χ1v) is 7.95. The Balaban J connectivity index is 1.78. The van der Waals surface area contributed by atoms with Gasteiger partial charge in [0, 0.05) is 12.8 Å². The predicted octanol–water partition coefficient (Wildman–Crippen LogP) is 2.77. The third-order valence-electron chi connectivity index (χ3n) is 3.13. The van der Waals surface area contributed by atoms with Crippen LogP contribution in [0, 0.1) is 0 Å². The van der Waals surface area contributed by atoms with Gasteiger partial charge >= 0.3 is 0 Å². The molecule has 0 saturated heterocycles. The standard InChI is InChI=1S/C18H20N2O3S/c1-22-11-12-23-16-9-7-15(8-10-16)19-18(24)20-17(21)13-14-5-3-2-4-6-14/h2-10H,11-13H2,1H3,(H2,19,20,21,24). The minimum Gasteiger partial charge on any atom is -0.491 e. The van der Waals surface area contributed by atoms with Crippen LogP contribution in [0.3, 0.4) is 0 Å². The number of carbonyl (C=O) groups excluding carboxylic acids is 1. The van der Waals surface area contributed by atoms with Crippen LogP contribution < -0.4 is 15.4 Å². The zero-order valence-electron chi connectivity index (χ0n) is 13.5. The molecule has 24 heavy (non-hydrogen) atoms. The van der Waals surface area contributed by atoms with Gasteiger partial charge in [0.2, 0.25) is 5.91 Å². The Morgan fingerprint density at radius 3 is 2.42 bits per heavy atom. The number of hydrogen-bond donors (Lipinski definition) is 2. The summed E-state index contributed by atoms with van der Waals surface area (Å²) in [5, 5.41) is 5.91. The average Bonchev–Trinajstić information content (AvgIpc) is 2.57. The van der Waals surface area contributed by atoms with Gasteiger partial charge in [-0.1, -0.05) is 30.3 Å². The van der Waals surface area contributed by atoms with Crippen LogP contribution in [0.1, 0.15) is 5.56 Å². The number of anilines is 1. The molecule has 0 aliphatic heterocycles. The van der Waals surface area contributed by atoms with Gasteiger partial charge in [-0.25, -0.2) is 0 Å². The van der Waals surface area contributed by atoms with E-state index in [4.69, 9.17) is 21.7 Å². The molecule has 0 atom stereocenters. The Kier molecular flexibility index (Phi) is 7.20. The average molecular weight is 344 g/mol. The molecule has 2 N–H and O–H groups in total. The number of benzene rings is 2. The summed E-state index contributed by atoms with van der Waals surface area (Å²) < 4.78 is 10.4. The quantitative estimate of drug-likeness (QED) is 0.597. The van der Waals surface area contributed by atoms with Gasteiger partial charge in [-0.05, 0) is 42.0 Å². The fraction of sp³-hybridized carbons (Fsp3) is 0.222. The van der Waals surface area contributed by atoms with Crippen molar-refractivity contribution in [1.29, 1.82) is 0 Å². The molecule has 0 aliphatic rings. The summed E-state index contributed by atoms with van der Waals surface area (Å²) in [5.74, 6) is 0.592. The van der Waals surface area contributed by atoms with Crippen molar-refractivity contribution in [2.75, 3.05) is 25.6 Å². The van der Waals surface area contributed by atoms with Crippen LogP contribution in [0.2, 0.25) is 0 Å². The molecule has 0 bridgehead atoms. The number of hydrogen-bond acceptors (Lipinski definition) is 4. The number of thiocarbonyl (C=S) groups is 1. The highest BCUT2D eigenvalue weighted by Crippen LogP contribution is 2.15. The Morgan fingerprint density at radius 2 is 1.75 bits per heavy atom. The molecule has 6 heteroatoms. The van der Waals surface area contributed by atoms with Crippen molar-refractivity contribution in [2.45, 2.75) is 6.42 Å². The molecule has 126 valence electrons. The van der Waals surface area contributed by atoms with Crippen LogP contribution in [0.25, 0.3) is 0 Å². The van der Waals surface area contributed by atoms with Crippen molar-refractivity contribution < 1.29 is 14.3 Å². The van der Waals surface area contributed by atoms with Crippen LogP contribution in [-0.4, -0.2) is 31.3 Å². The zero-order chi connectivity index (χ0) is 17.2. The Morgan fingerprint density at radius 1 is 1.04 bits per heavy atom. The number of ether oxygens (including phenoxy) is 2. The number of nitrogens with one attached hydrogen (secondary N) is 2. The largest absolute Gasteiger partial charge is 0.491 e. The molecule has 0 aromatic heterocycles. The van der Waals surface area contributed by atoms with Gasteiger partial charge in [0.15, 0.2) is 5.11 Å². The highest BCUT2D eigenvalue weighted by atomic mass is 32.1. The first-order chi connectivity index (χ1) is 11.7. The third kappa shape index (κ3) is 6.36. The van der Waals surface area contributed by atoms with Crippen molar-refractivity contribution in [3.8, 4) is 5.75 Å². The zero-order valence-corrected chi connectivity index (χ0v) is 14.3. The molecule has 0 unspecified atom stereocenters. The van der Waals surface area contributed by atoms with Crippen molar-refractivity contribution in [1.82, 2.24) is 5.32 Å². The maximum Gasteiger partial charge on any atom is 0.230 e. The molecule has 0 heterocycles. The summed E-state index contributed by atoms with van der Waals surface area (Å²) in [6.07, 6.45) is 0.287. The second kappa shape index (κ2) is 9.64. The maximum atomic E-state index is 11.9. The molecule has 2 aromatic carbocycles. The Bertz CT molecular complexity index is 660. The van der Waals surface area contributed by atoms with Crippen molar-refractivity contribution in [2.24, 2.45) is 0 Å². The molecule has 0 saturated carbocycles. The molecular weight excluding hydrogens is 324 g/mol. The third-order valence-corrected chi connectivity index (χ3v) is 3.33. The summed E-state index contributed by atoms with van der Waals surface area (Å²) in [6, 6.07) is 16.8. The van der Waals surface area contributed by atoms with Gasteiger partial charge in [-0.2, -0.15) is 0 Å². The molecule has 0 spiro atoms. The summed E-state index contributed by atoms with van der Waals surface area (Å²) >= 11 is 5.16. The lowest BCUT2D eigenvalue weighted by atomic mass is 10.1. The van der Waals surface area contributed by atoms with E-state index in [-0.39, 0.29) is 17.4 Å². The topological polar surface area (TPSA) is 59.6 Å². The van der Waals surface area contributed by atoms with Gasteiger partial charge in [-0.3, -0.25) is 4.79 Å². The van der Waals surface area contributed by atoms with Crippen molar-refractivity contribution in [3.63, 3.8) is 0 Å². The monoisotopic (exact) mass is 344 g/mol. The normalized spacial score (nSPS) is 10.0. The van der Waals surface area contributed by atoms with Gasteiger partial charge in [-0.15, -0.1) is 0 Å². The van der Waals surface area contributed by atoms with Gasteiger partial charge in [0.1, 0.15) is 12.4 Å². The SMILES string of the molecule is COCCOc1ccc(NC(=S)NC(=O)Cc2ccccc2)cc1. The molecule has 1 amide bonds. The summed E-state index contributed by atoms with van der Waals surface area (Å²) in [4.78, 5) is 11.9. The van der Waals surface area contributed by atoms with E-state index in [0.717, 1.165) is 17.0 Å². The van der Waals surface area contributed by atoms with E-state index in [9.17, 15) is 4.79 Å². The first kappa shape index (κ1) is 17.9. The second-order valence-corrected chi connectivity index (χ2v) is 5.44. The predicted molar refractivity (Wildman–Crippen MR) is 98.3 cm³/mol. The fourth-order valence-corrected chi connectivity index (χ4v) is 2.22. The van der Waals surface area contributed by atoms with Crippen molar-refractivity contribution >= 4 is 28.9 Å². The van der Waals surface area contributed by atoms with E-state index < -0.39 is 0 Å². The molecule has 0 fully saturated rings. The number of methoxy groups -OCH3 is 1. The number of carbonyl (C=O) groups is 1. The lowest BCUT2D eigenvalue weighted by Gasteiger charge is -2.11.